The molecule has 0 amide bonds. The molecule has 6 nitrogen and oxygen atoms in total. The predicted octanol–water partition coefficient (Wildman–Crippen LogP) is 2.59. The van der Waals surface area contributed by atoms with Crippen LogP contribution in [0.3, 0.4) is 0 Å². The van der Waals surface area contributed by atoms with Gasteiger partial charge in [-0.2, -0.15) is 0 Å². The molecule has 0 N–H and O–H groups in total. The summed E-state index contributed by atoms with van der Waals surface area (Å²) in [6.07, 6.45) is 8.80. The lowest BCUT2D eigenvalue weighted by molar-refractivity contribution is -0.151. The van der Waals surface area contributed by atoms with Crippen molar-refractivity contribution >= 4 is 35.2 Å². The lowest BCUT2D eigenvalue weighted by atomic mass is 9.96. The number of carbonyl (C=O) groups is 3. The van der Waals surface area contributed by atoms with E-state index in [9.17, 15) is 14.4 Å². The zero-order valence-electron chi connectivity index (χ0n) is 14.1. The van der Waals surface area contributed by atoms with Crippen LogP contribution in [0.1, 0.15) is 12.5 Å². The Morgan fingerprint density at radius 1 is 1.42 bits per heavy atom. The molecule has 1 atom stereocenters. The number of terminal acetylenes is 1. The van der Waals surface area contributed by atoms with Crippen LogP contribution in [0.5, 0.6) is 11.5 Å². The van der Waals surface area contributed by atoms with Crippen LogP contribution in [-0.4, -0.2) is 31.3 Å². The lowest BCUT2D eigenvalue weighted by Gasteiger charge is -2.15. The van der Waals surface area contributed by atoms with Crippen molar-refractivity contribution in [1.82, 2.24) is 0 Å². The second kappa shape index (κ2) is 8.37. The van der Waals surface area contributed by atoms with Crippen LogP contribution in [-0.2, 0) is 19.1 Å². The summed E-state index contributed by atoms with van der Waals surface area (Å²) < 4.78 is 15.3. The second-order valence-electron chi connectivity index (χ2n) is 5.27. The molecule has 0 aliphatic carbocycles. The number of hydrogen-bond donors (Lipinski definition) is 0. The van der Waals surface area contributed by atoms with Gasteiger partial charge in [0.1, 0.15) is 12.4 Å². The van der Waals surface area contributed by atoms with E-state index in [1.807, 2.05) is 0 Å². The molecule has 0 spiro atoms. The molecule has 7 heteroatoms. The molecule has 0 saturated heterocycles. The molecule has 0 bridgehead atoms. The Labute approximate surface area is 155 Å². The van der Waals surface area contributed by atoms with Crippen LogP contribution < -0.4 is 9.47 Å². The first-order valence-corrected chi connectivity index (χ1v) is 7.84. The van der Waals surface area contributed by atoms with E-state index in [1.54, 1.807) is 6.07 Å². The maximum atomic E-state index is 12.2. The van der Waals surface area contributed by atoms with Crippen molar-refractivity contribution in [3.05, 3.63) is 40.6 Å². The van der Waals surface area contributed by atoms with E-state index < -0.39 is 23.5 Å². The highest BCUT2D eigenvalue weighted by Gasteiger charge is 2.36. The summed E-state index contributed by atoms with van der Waals surface area (Å²) in [5.74, 6) is -0.597. The normalized spacial score (nSPS) is 16.7. The van der Waals surface area contributed by atoms with Crippen LogP contribution in [0.4, 0.5) is 0 Å². The largest absolute Gasteiger partial charge is 0.493 e. The van der Waals surface area contributed by atoms with Gasteiger partial charge in [-0.3, -0.25) is 14.4 Å². The number of ketones is 2. The Hall–Kier alpha value is -3.04. The summed E-state index contributed by atoms with van der Waals surface area (Å²) in [4.78, 5) is 35.8. The van der Waals surface area contributed by atoms with Crippen LogP contribution in [0.25, 0.3) is 6.08 Å². The molecule has 1 aliphatic heterocycles. The first kappa shape index (κ1) is 19.3. The molecular weight excluding hydrogens is 360 g/mol. The zero-order chi connectivity index (χ0) is 19.3. The maximum absolute atomic E-state index is 12.2. The summed E-state index contributed by atoms with van der Waals surface area (Å²) in [5.41, 5.74) is 0.511. The second-order valence-corrected chi connectivity index (χ2v) is 5.68. The van der Waals surface area contributed by atoms with E-state index in [-0.39, 0.29) is 23.1 Å². The van der Waals surface area contributed by atoms with Crippen LogP contribution in [0.15, 0.2) is 30.0 Å². The summed E-state index contributed by atoms with van der Waals surface area (Å²) in [5, 5.41) is 0.235. The van der Waals surface area contributed by atoms with Gasteiger partial charge in [0, 0.05) is 6.08 Å². The molecule has 1 heterocycles. The smallest absolute Gasteiger partial charge is 0.329 e. The Bertz CT molecular complexity index is 860. The molecule has 1 aromatic carbocycles. The number of cyclic esters (lactones) is 1. The third-order valence-corrected chi connectivity index (χ3v) is 3.68. The maximum Gasteiger partial charge on any atom is 0.329 e. The molecule has 1 aromatic rings. The van der Waals surface area contributed by atoms with Crippen molar-refractivity contribution in [3.8, 4) is 23.8 Å². The Morgan fingerprint density at radius 3 is 2.77 bits per heavy atom. The van der Waals surface area contributed by atoms with Crippen molar-refractivity contribution in [2.24, 2.45) is 5.92 Å². The van der Waals surface area contributed by atoms with Crippen molar-refractivity contribution in [2.75, 3.05) is 13.7 Å². The Balaban J connectivity index is 2.24. The molecule has 1 unspecified atom stereocenters. The quantitative estimate of drug-likeness (QED) is 0.329. The number of carbonyl (C=O) groups excluding carboxylic acids is 3. The summed E-state index contributed by atoms with van der Waals surface area (Å²) in [7, 11) is 1.43. The predicted molar refractivity (Wildman–Crippen MR) is 94.7 cm³/mol. The topological polar surface area (TPSA) is 78.9 Å². The van der Waals surface area contributed by atoms with Crippen molar-refractivity contribution < 1.29 is 28.6 Å². The van der Waals surface area contributed by atoms with E-state index in [0.717, 1.165) is 12.2 Å². The number of rotatable bonds is 6. The van der Waals surface area contributed by atoms with Crippen LogP contribution >= 0.6 is 11.6 Å². The summed E-state index contributed by atoms with van der Waals surface area (Å²) >= 11 is 6.15. The molecule has 1 aliphatic rings. The van der Waals surface area contributed by atoms with Gasteiger partial charge in [0.05, 0.1) is 12.1 Å². The van der Waals surface area contributed by atoms with E-state index in [0.29, 0.717) is 11.3 Å². The molecule has 2 rings (SSSR count). The molecule has 0 aromatic heterocycles. The number of esters is 1. The van der Waals surface area contributed by atoms with E-state index in [2.05, 4.69) is 5.92 Å². The minimum Gasteiger partial charge on any atom is -0.493 e. The number of ether oxygens (including phenoxy) is 3. The Kier molecular flexibility index (Phi) is 6.21. The number of hydrogen-bond acceptors (Lipinski definition) is 6. The van der Waals surface area contributed by atoms with Gasteiger partial charge in [-0.1, -0.05) is 23.6 Å². The number of benzene rings is 1. The van der Waals surface area contributed by atoms with Gasteiger partial charge in [0.25, 0.3) is 0 Å². The standard InChI is InChI=1S/C19H15ClO6/c1-4-7-25-18-13(20)9-12(10-16(18)24-3)5-6-14(21)17-15(22)8-11(2)26-19(17)23/h1,5-6,8-10,17H,7H2,2-3H3. The monoisotopic (exact) mass is 374 g/mol. The van der Waals surface area contributed by atoms with Gasteiger partial charge in [-0.25, -0.2) is 0 Å². The van der Waals surface area contributed by atoms with Gasteiger partial charge in [-0.05, 0) is 30.7 Å². The molecular formula is C19H15ClO6. The molecule has 26 heavy (non-hydrogen) atoms. The molecule has 0 radical (unpaired) electrons. The van der Waals surface area contributed by atoms with E-state index in [1.165, 1.54) is 26.2 Å². The van der Waals surface area contributed by atoms with Gasteiger partial charge < -0.3 is 14.2 Å². The highest BCUT2D eigenvalue weighted by atomic mass is 35.5. The summed E-state index contributed by atoms with van der Waals surface area (Å²) in [6.45, 7) is 1.48. The average molecular weight is 375 g/mol. The third-order valence-electron chi connectivity index (χ3n) is 3.40. The van der Waals surface area contributed by atoms with Crippen LogP contribution in [0, 0.1) is 18.3 Å². The highest BCUT2D eigenvalue weighted by Crippen LogP contribution is 2.36. The SMILES string of the molecule is C#CCOc1c(Cl)cc(C=CC(=O)C2C(=O)C=C(C)OC2=O)cc1OC. The molecule has 134 valence electrons. The van der Waals surface area contributed by atoms with Crippen molar-refractivity contribution in [2.45, 2.75) is 6.92 Å². The minimum absolute atomic E-state index is 0.0165. The highest BCUT2D eigenvalue weighted by molar-refractivity contribution is 6.32. The lowest BCUT2D eigenvalue weighted by Crippen LogP contribution is -2.34. The fourth-order valence-corrected chi connectivity index (χ4v) is 2.54. The molecule has 0 fully saturated rings. The van der Waals surface area contributed by atoms with Crippen molar-refractivity contribution in [3.63, 3.8) is 0 Å². The Morgan fingerprint density at radius 2 is 2.15 bits per heavy atom. The third kappa shape index (κ3) is 4.32. The first-order chi connectivity index (χ1) is 12.4. The number of halogens is 1. The van der Waals surface area contributed by atoms with Crippen molar-refractivity contribution in [1.29, 1.82) is 0 Å². The van der Waals surface area contributed by atoms with E-state index >= 15 is 0 Å². The van der Waals surface area contributed by atoms with Gasteiger partial charge in [0.15, 0.2) is 29.0 Å². The van der Waals surface area contributed by atoms with Gasteiger partial charge in [-0.15, -0.1) is 6.42 Å². The van der Waals surface area contributed by atoms with E-state index in [4.69, 9.17) is 32.2 Å². The minimum atomic E-state index is -1.49. The first-order valence-electron chi connectivity index (χ1n) is 7.47. The number of allylic oxidation sites excluding steroid dienone is 3. The number of methoxy groups -OCH3 is 1. The van der Waals surface area contributed by atoms with Crippen LogP contribution in [0.2, 0.25) is 5.02 Å². The fraction of sp³-hybridized carbons (Fsp3) is 0.211. The van der Waals surface area contributed by atoms with Gasteiger partial charge in [0.2, 0.25) is 0 Å². The van der Waals surface area contributed by atoms with Gasteiger partial charge >= 0.3 is 5.97 Å². The summed E-state index contributed by atoms with van der Waals surface area (Å²) in [6, 6.07) is 3.11. The molecule has 0 saturated carbocycles. The average Bonchev–Trinajstić information content (AvgIpc) is 2.57. The zero-order valence-corrected chi connectivity index (χ0v) is 14.8. The fourth-order valence-electron chi connectivity index (χ4n) is 2.27.